The summed E-state index contributed by atoms with van der Waals surface area (Å²) in [5.74, 6) is 4.90. The molecule has 0 aromatic heterocycles. The number of carbonyl (C=O) groups excluding carboxylic acids is 1. The summed E-state index contributed by atoms with van der Waals surface area (Å²) in [6.45, 7) is 1.53. The van der Waals surface area contributed by atoms with E-state index in [1.807, 2.05) is 0 Å². The Morgan fingerprint density at radius 3 is 2.65 bits per heavy atom. The van der Waals surface area contributed by atoms with Crippen LogP contribution < -0.4 is 11.1 Å². The number of benzene rings is 1. The molecule has 1 amide bonds. The molecule has 3 nitrogen and oxygen atoms in total. The number of halogens is 3. The highest BCUT2D eigenvalue weighted by molar-refractivity contribution is 5.94. The Bertz CT molecular complexity index is 542. The molecule has 0 fully saturated rings. The van der Waals surface area contributed by atoms with Gasteiger partial charge in [-0.2, -0.15) is 13.2 Å². The number of carbonyl (C=O) groups is 1. The van der Waals surface area contributed by atoms with Gasteiger partial charge in [-0.1, -0.05) is 11.8 Å². The van der Waals surface area contributed by atoms with Crippen LogP contribution in [0.25, 0.3) is 0 Å². The molecule has 0 saturated heterocycles. The number of nitrogens with two attached hydrogens (primary N) is 1. The van der Waals surface area contributed by atoms with Gasteiger partial charge in [0, 0.05) is 17.7 Å². The first-order chi connectivity index (χ1) is 9.31. The number of hydrogen-bond acceptors (Lipinski definition) is 2. The third kappa shape index (κ3) is 5.76. The molecule has 1 aromatic rings. The molecule has 3 N–H and O–H groups in total. The highest BCUT2D eigenvalue weighted by Gasteiger charge is 2.26. The number of amides is 1. The lowest BCUT2D eigenvalue weighted by Crippen LogP contribution is -2.28. The average Bonchev–Trinajstić information content (AvgIpc) is 2.34. The van der Waals surface area contributed by atoms with Gasteiger partial charge in [0.25, 0.3) is 5.91 Å². The molecular weight excluding hydrogens is 269 g/mol. The van der Waals surface area contributed by atoms with Gasteiger partial charge in [0.1, 0.15) is 0 Å². The van der Waals surface area contributed by atoms with E-state index in [1.54, 1.807) is 19.1 Å². The Morgan fingerprint density at radius 2 is 2.05 bits per heavy atom. The maximum atomic E-state index is 12.0. The lowest BCUT2D eigenvalue weighted by molar-refractivity contribution is -0.132. The summed E-state index contributed by atoms with van der Waals surface area (Å²) >= 11 is 0. The van der Waals surface area contributed by atoms with Crippen LogP contribution in [0.5, 0.6) is 0 Å². The van der Waals surface area contributed by atoms with Crippen molar-refractivity contribution in [3.05, 3.63) is 34.9 Å². The monoisotopic (exact) mass is 284 g/mol. The minimum absolute atomic E-state index is 0.195. The quantitative estimate of drug-likeness (QED) is 0.834. The molecular formula is C14H15F3N2O. The smallest absolute Gasteiger partial charge is 0.352 e. The van der Waals surface area contributed by atoms with E-state index in [1.165, 1.54) is 6.07 Å². The SMILES string of the molecule is Cc1cc(C#CCN)cc(C(=O)NCCC(F)(F)F)c1. The summed E-state index contributed by atoms with van der Waals surface area (Å²) in [7, 11) is 0. The van der Waals surface area contributed by atoms with E-state index in [-0.39, 0.29) is 12.1 Å². The standard InChI is InChI=1S/C14H15F3N2O/c1-10-7-11(3-2-5-18)9-12(8-10)13(20)19-6-4-14(15,16)17/h7-9H,4-6,18H2,1H3,(H,19,20). The van der Waals surface area contributed by atoms with Crippen LogP contribution in [0, 0.1) is 18.8 Å². The Balaban J connectivity index is 2.75. The molecule has 0 aliphatic carbocycles. The molecule has 0 radical (unpaired) electrons. The highest BCUT2D eigenvalue weighted by atomic mass is 19.4. The van der Waals surface area contributed by atoms with Crippen LogP contribution in [-0.4, -0.2) is 25.2 Å². The molecule has 0 bridgehead atoms. The summed E-state index contributed by atoms with van der Waals surface area (Å²) < 4.78 is 36.0. The number of aryl methyl sites for hydroxylation is 1. The third-order valence-electron chi connectivity index (χ3n) is 2.37. The Hall–Kier alpha value is -2.00. The molecule has 0 aliphatic rings. The van der Waals surface area contributed by atoms with Crippen molar-refractivity contribution in [2.24, 2.45) is 5.73 Å². The first-order valence-corrected chi connectivity index (χ1v) is 5.97. The zero-order valence-corrected chi connectivity index (χ0v) is 11.0. The summed E-state index contributed by atoms with van der Waals surface area (Å²) in [6, 6.07) is 4.89. The normalized spacial score (nSPS) is 10.7. The highest BCUT2D eigenvalue weighted by Crippen LogP contribution is 2.18. The van der Waals surface area contributed by atoms with Gasteiger partial charge in [0.05, 0.1) is 13.0 Å². The molecule has 0 aliphatic heterocycles. The molecule has 0 saturated carbocycles. The molecule has 0 heterocycles. The van der Waals surface area contributed by atoms with Gasteiger partial charge in [-0.05, 0) is 30.7 Å². The van der Waals surface area contributed by atoms with Crippen molar-refractivity contribution in [2.75, 3.05) is 13.1 Å². The molecule has 6 heteroatoms. The van der Waals surface area contributed by atoms with E-state index in [2.05, 4.69) is 17.2 Å². The van der Waals surface area contributed by atoms with Gasteiger partial charge in [0.2, 0.25) is 0 Å². The van der Waals surface area contributed by atoms with Gasteiger partial charge in [-0.3, -0.25) is 4.79 Å². The topological polar surface area (TPSA) is 55.1 Å². The zero-order chi connectivity index (χ0) is 15.2. The molecule has 20 heavy (non-hydrogen) atoms. The van der Waals surface area contributed by atoms with Crippen molar-refractivity contribution >= 4 is 5.91 Å². The van der Waals surface area contributed by atoms with Crippen LogP contribution in [-0.2, 0) is 0 Å². The largest absolute Gasteiger partial charge is 0.390 e. The minimum Gasteiger partial charge on any atom is -0.352 e. The number of nitrogens with one attached hydrogen (secondary N) is 1. The van der Waals surface area contributed by atoms with Crippen molar-refractivity contribution < 1.29 is 18.0 Å². The van der Waals surface area contributed by atoms with E-state index < -0.39 is 25.0 Å². The summed E-state index contributed by atoms with van der Waals surface area (Å²) in [4.78, 5) is 11.8. The fourth-order valence-corrected chi connectivity index (χ4v) is 1.56. The van der Waals surface area contributed by atoms with Crippen LogP contribution in [0.3, 0.4) is 0 Å². The lowest BCUT2D eigenvalue weighted by Gasteiger charge is -2.08. The molecule has 0 unspecified atom stereocenters. The fourth-order valence-electron chi connectivity index (χ4n) is 1.56. The number of rotatable bonds is 3. The van der Waals surface area contributed by atoms with Crippen LogP contribution in [0.4, 0.5) is 13.2 Å². The Labute approximate surface area is 115 Å². The second kappa shape index (κ2) is 6.96. The first kappa shape index (κ1) is 16.1. The molecule has 1 rings (SSSR count). The Morgan fingerprint density at radius 1 is 1.35 bits per heavy atom. The first-order valence-electron chi connectivity index (χ1n) is 5.97. The molecule has 0 spiro atoms. The van der Waals surface area contributed by atoms with Gasteiger partial charge < -0.3 is 11.1 Å². The van der Waals surface area contributed by atoms with Crippen molar-refractivity contribution in [1.82, 2.24) is 5.32 Å². The second-order valence-corrected chi connectivity index (χ2v) is 4.21. The maximum Gasteiger partial charge on any atom is 0.390 e. The zero-order valence-electron chi connectivity index (χ0n) is 11.0. The predicted octanol–water partition coefficient (Wildman–Crippen LogP) is 1.99. The van der Waals surface area contributed by atoms with Crippen molar-refractivity contribution in [1.29, 1.82) is 0 Å². The van der Waals surface area contributed by atoms with Gasteiger partial charge >= 0.3 is 6.18 Å². The molecule has 1 aromatic carbocycles. The predicted molar refractivity (Wildman–Crippen MR) is 70.1 cm³/mol. The van der Waals surface area contributed by atoms with E-state index in [0.29, 0.717) is 5.56 Å². The van der Waals surface area contributed by atoms with Crippen LogP contribution in [0.15, 0.2) is 18.2 Å². The van der Waals surface area contributed by atoms with Gasteiger partial charge in [0.15, 0.2) is 0 Å². The number of alkyl halides is 3. The van der Waals surface area contributed by atoms with Crippen molar-refractivity contribution in [3.63, 3.8) is 0 Å². The van der Waals surface area contributed by atoms with Crippen LogP contribution in [0.1, 0.15) is 27.9 Å². The van der Waals surface area contributed by atoms with E-state index in [9.17, 15) is 18.0 Å². The second-order valence-electron chi connectivity index (χ2n) is 4.21. The van der Waals surface area contributed by atoms with Crippen LogP contribution >= 0.6 is 0 Å². The fraction of sp³-hybridized carbons (Fsp3) is 0.357. The van der Waals surface area contributed by atoms with E-state index >= 15 is 0 Å². The summed E-state index contributed by atoms with van der Waals surface area (Å²) in [5.41, 5.74) is 6.95. The Kier molecular flexibility index (Phi) is 5.59. The third-order valence-corrected chi connectivity index (χ3v) is 2.37. The average molecular weight is 284 g/mol. The molecule has 108 valence electrons. The van der Waals surface area contributed by atoms with Gasteiger partial charge in [-0.15, -0.1) is 0 Å². The van der Waals surface area contributed by atoms with Gasteiger partial charge in [-0.25, -0.2) is 0 Å². The number of hydrogen-bond donors (Lipinski definition) is 2. The lowest BCUT2D eigenvalue weighted by atomic mass is 10.1. The van der Waals surface area contributed by atoms with E-state index in [0.717, 1.165) is 5.56 Å². The van der Waals surface area contributed by atoms with Crippen LogP contribution in [0.2, 0.25) is 0 Å². The summed E-state index contributed by atoms with van der Waals surface area (Å²) in [6.07, 6.45) is -5.33. The summed E-state index contributed by atoms with van der Waals surface area (Å²) in [5, 5.41) is 2.23. The molecule has 0 atom stereocenters. The van der Waals surface area contributed by atoms with Crippen molar-refractivity contribution in [3.8, 4) is 11.8 Å². The minimum atomic E-state index is -4.28. The maximum absolute atomic E-state index is 12.0. The van der Waals surface area contributed by atoms with Crippen molar-refractivity contribution in [2.45, 2.75) is 19.5 Å². The van der Waals surface area contributed by atoms with E-state index in [4.69, 9.17) is 5.73 Å².